The van der Waals surface area contributed by atoms with Crippen molar-refractivity contribution in [2.75, 3.05) is 13.7 Å². The van der Waals surface area contributed by atoms with Gasteiger partial charge >= 0.3 is 0 Å². The number of ether oxygens (including phenoxy) is 2. The predicted molar refractivity (Wildman–Crippen MR) is 96.0 cm³/mol. The zero-order chi connectivity index (χ0) is 18.3. The van der Waals surface area contributed by atoms with Gasteiger partial charge in [-0.15, -0.1) is 6.58 Å². The number of benzene rings is 1. The predicted octanol–water partition coefficient (Wildman–Crippen LogP) is 3.63. The number of Topliss-reactive ketones (excluding diaryl/α,β-unsaturated/α-hetero) is 1. The number of allylic oxidation sites excluding steroid dienone is 1. The largest absolute Gasteiger partial charge is 0.497 e. The molecule has 0 spiro atoms. The third kappa shape index (κ3) is 5.46. The van der Waals surface area contributed by atoms with Gasteiger partial charge in [-0.25, -0.2) is 0 Å². The Balaban J connectivity index is 2.49. The molecule has 1 aromatic carbocycles. The van der Waals surface area contributed by atoms with Crippen molar-refractivity contribution in [2.45, 2.75) is 40.4 Å². The third-order valence-electron chi connectivity index (χ3n) is 4.46. The molecule has 0 aromatic heterocycles. The van der Waals surface area contributed by atoms with Crippen LogP contribution in [0.2, 0.25) is 0 Å². The van der Waals surface area contributed by atoms with Crippen LogP contribution in [0.1, 0.15) is 33.3 Å². The Morgan fingerprint density at radius 3 is 2.38 bits per heavy atom. The van der Waals surface area contributed by atoms with Crippen molar-refractivity contribution in [3.63, 3.8) is 0 Å². The van der Waals surface area contributed by atoms with Crippen molar-refractivity contribution in [3.8, 4) is 5.75 Å². The van der Waals surface area contributed by atoms with Crippen LogP contribution < -0.4 is 4.74 Å². The molecular weight excluding hydrogens is 304 g/mol. The first-order valence-electron chi connectivity index (χ1n) is 8.29. The second kappa shape index (κ2) is 9.00. The molecule has 0 saturated heterocycles. The molecule has 0 fully saturated rings. The lowest BCUT2D eigenvalue weighted by Gasteiger charge is -2.29. The summed E-state index contributed by atoms with van der Waals surface area (Å²) < 4.78 is 10.8. The summed E-state index contributed by atoms with van der Waals surface area (Å²) in [5.74, 6) is 0.201. The molecule has 4 heteroatoms. The van der Waals surface area contributed by atoms with E-state index in [2.05, 4.69) is 6.58 Å². The monoisotopic (exact) mass is 334 g/mol. The lowest BCUT2D eigenvalue weighted by molar-refractivity contribution is -0.133. The van der Waals surface area contributed by atoms with Crippen LogP contribution in [0.15, 0.2) is 36.9 Å². The maximum absolute atomic E-state index is 12.4. The van der Waals surface area contributed by atoms with Crippen LogP contribution in [-0.2, 0) is 16.1 Å². The zero-order valence-electron chi connectivity index (χ0n) is 15.4. The minimum atomic E-state index is -0.743. The summed E-state index contributed by atoms with van der Waals surface area (Å²) in [5, 5.41) is 10.4. The van der Waals surface area contributed by atoms with E-state index in [1.54, 1.807) is 20.1 Å². The van der Waals surface area contributed by atoms with Crippen molar-refractivity contribution >= 4 is 5.78 Å². The molecular formula is C20H30O4. The second-order valence-electron chi connectivity index (χ2n) is 6.91. The van der Waals surface area contributed by atoms with Crippen LogP contribution >= 0.6 is 0 Å². The van der Waals surface area contributed by atoms with Crippen molar-refractivity contribution in [1.29, 1.82) is 0 Å². The van der Waals surface area contributed by atoms with Crippen molar-refractivity contribution in [3.05, 3.63) is 42.5 Å². The fourth-order valence-corrected chi connectivity index (χ4v) is 2.52. The number of methoxy groups -OCH3 is 1. The van der Waals surface area contributed by atoms with E-state index >= 15 is 0 Å². The lowest BCUT2D eigenvalue weighted by Crippen LogP contribution is -2.39. The van der Waals surface area contributed by atoms with E-state index in [1.807, 2.05) is 45.0 Å². The summed E-state index contributed by atoms with van der Waals surface area (Å²) in [7, 11) is 1.63. The molecule has 0 bridgehead atoms. The average Bonchev–Trinajstić information content (AvgIpc) is 2.60. The van der Waals surface area contributed by atoms with Gasteiger partial charge in [0, 0.05) is 17.3 Å². The summed E-state index contributed by atoms with van der Waals surface area (Å²) in [6, 6.07) is 7.65. The Hall–Kier alpha value is -1.65. The van der Waals surface area contributed by atoms with E-state index < -0.39 is 17.4 Å². The summed E-state index contributed by atoms with van der Waals surface area (Å²) in [4.78, 5) is 12.4. The number of carbonyl (C=O) groups is 1. The standard InChI is InChI=1S/C20H30O4/c1-7-20(4,5)19(22)15(3)18(21)14(2)12-24-13-16-8-10-17(23-6)11-9-16/h7-11,14-15,18,21H,1,12-13H2,2-6H3/t14-,15+,18-/m0/s1. The van der Waals surface area contributed by atoms with Crippen LogP contribution in [0.3, 0.4) is 0 Å². The van der Waals surface area contributed by atoms with Crippen LogP contribution in [0.25, 0.3) is 0 Å². The van der Waals surface area contributed by atoms with Crippen LogP contribution in [-0.4, -0.2) is 30.7 Å². The number of aliphatic hydroxyl groups excluding tert-OH is 1. The van der Waals surface area contributed by atoms with Gasteiger partial charge in [-0.2, -0.15) is 0 Å². The van der Waals surface area contributed by atoms with Crippen molar-refractivity contribution < 1.29 is 19.4 Å². The first kappa shape index (κ1) is 20.4. The van der Waals surface area contributed by atoms with Gasteiger partial charge in [0.2, 0.25) is 0 Å². The molecule has 0 aliphatic heterocycles. The summed E-state index contributed by atoms with van der Waals surface area (Å²) in [6.45, 7) is 11.8. The molecule has 1 N–H and O–H groups in total. The molecule has 134 valence electrons. The molecule has 1 aromatic rings. The van der Waals surface area contributed by atoms with Crippen molar-refractivity contribution in [2.24, 2.45) is 17.3 Å². The number of aliphatic hydroxyl groups is 1. The molecule has 0 heterocycles. The second-order valence-corrected chi connectivity index (χ2v) is 6.91. The third-order valence-corrected chi connectivity index (χ3v) is 4.46. The van der Waals surface area contributed by atoms with Crippen LogP contribution in [0, 0.1) is 17.3 Å². The molecule has 0 aliphatic rings. The summed E-state index contributed by atoms with van der Waals surface area (Å²) in [5.41, 5.74) is 0.402. The maximum Gasteiger partial charge on any atom is 0.147 e. The number of rotatable bonds is 10. The molecule has 0 amide bonds. The minimum absolute atomic E-state index is 0.00740. The maximum atomic E-state index is 12.4. The SMILES string of the molecule is C=CC(C)(C)C(=O)[C@H](C)[C@@H](O)[C@@H](C)COCc1ccc(OC)cc1. The highest BCUT2D eigenvalue weighted by Gasteiger charge is 2.34. The molecule has 0 aliphatic carbocycles. The number of hydrogen-bond acceptors (Lipinski definition) is 4. The van der Waals surface area contributed by atoms with Crippen molar-refractivity contribution in [1.82, 2.24) is 0 Å². The summed E-state index contributed by atoms with van der Waals surface area (Å²) in [6.07, 6.45) is 0.885. The smallest absolute Gasteiger partial charge is 0.147 e. The van der Waals surface area contributed by atoms with E-state index in [0.29, 0.717) is 13.2 Å². The molecule has 3 atom stereocenters. The molecule has 1 rings (SSSR count). The van der Waals surface area contributed by atoms with Crippen LogP contribution in [0.4, 0.5) is 0 Å². The lowest BCUT2D eigenvalue weighted by atomic mass is 9.78. The topological polar surface area (TPSA) is 55.8 Å². The van der Waals surface area contributed by atoms with E-state index in [1.165, 1.54) is 0 Å². The van der Waals surface area contributed by atoms with Gasteiger partial charge in [-0.3, -0.25) is 4.79 Å². The Labute approximate surface area is 145 Å². The zero-order valence-corrected chi connectivity index (χ0v) is 15.4. The first-order valence-corrected chi connectivity index (χ1v) is 8.29. The Morgan fingerprint density at radius 2 is 1.88 bits per heavy atom. The highest BCUT2D eigenvalue weighted by molar-refractivity contribution is 5.88. The number of hydrogen-bond donors (Lipinski definition) is 1. The Bertz CT molecular complexity index is 533. The summed E-state index contributed by atoms with van der Waals surface area (Å²) >= 11 is 0. The normalized spacial score (nSPS) is 15.4. The van der Waals surface area contributed by atoms with Gasteiger partial charge < -0.3 is 14.6 Å². The van der Waals surface area contributed by atoms with Gasteiger partial charge in [0.1, 0.15) is 11.5 Å². The molecule has 4 nitrogen and oxygen atoms in total. The van der Waals surface area contributed by atoms with E-state index in [4.69, 9.17) is 9.47 Å². The fraction of sp³-hybridized carbons (Fsp3) is 0.550. The highest BCUT2D eigenvalue weighted by atomic mass is 16.5. The van der Waals surface area contributed by atoms with Gasteiger partial charge in [0.15, 0.2) is 0 Å². The van der Waals surface area contributed by atoms with E-state index in [-0.39, 0.29) is 11.7 Å². The quantitative estimate of drug-likeness (QED) is 0.664. The Morgan fingerprint density at radius 1 is 1.29 bits per heavy atom. The Kier molecular flexibility index (Phi) is 7.64. The first-order chi connectivity index (χ1) is 11.2. The molecule has 24 heavy (non-hydrogen) atoms. The molecule has 0 saturated carbocycles. The number of carbonyl (C=O) groups excluding carboxylic acids is 1. The minimum Gasteiger partial charge on any atom is -0.497 e. The van der Waals surface area contributed by atoms with Gasteiger partial charge in [-0.05, 0) is 31.5 Å². The average molecular weight is 334 g/mol. The van der Waals surface area contributed by atoms with E-state index in [0.717, 1.165) is 11.3 Å². The van der Waals surface area contributed by atoms with Gasteiger partial charge in [0.05, 0.1) is 26.4 Å². The number of ketones is 1. The van der Waals surface area contributed by atoms with Gasteiger partial charge in [-0.1, -0.05) is 32.1 Å². The molecule has 0 unspecified atom stereocenters. The van der Waals surface area contributed by atoms with E-state index in [9.17, 15) is 9.90 Å². The highest BCUT2D eigenvalue weighted by Crippen LogP contribution is 2.26. The molecule has 0 radical (unpaired) electrons. The van der Waals surface area contributed by atoms with Crippen LogP contribution in [0.5, 0.6) is 5.75 Å². The van der Waals surface area contributed by atoms with Gasteiger partial charge in [0.25, 0.3) is 0 Å². The fourth-order valence-electron chi connectivity index (χ4n) is 2.52.